The highest BCUT2D eigenvalue weighted by molar-refractivity contribution is 7.80. The highest BCUT2D eigenvalue weighted by Gasteiger charge is 2.33. The summed E-state index contributed by atoms with van der Waals surface area (Å²) in [7, 11) is -6.77. The molecule has 0 spiro atoms. The zero-order valence-corrected chi connectivity index (χ0v) is 33.9. The lowest BCUT2D eigenvalue weighted by molar-refractivity contribution is 0.589. The van der Waals surface area contributed by atoms with Gasteiger partial charge in [0.1, 0.15) is 0 Å². The van der Waals surface area contributed by atoms with Crippen molar-refractivity contribution in [1.29, 1.82) is 0 Å². The number of anilines is 2. The van der Waals surface area contributed by atoms with E-state index < -0.39 is 20.0 Å². The molecule has 0 bridgehead atoms. The van der Waals surface area contributed by atoms with Crippen molar-refractivity contribution in [3.8, 4) is 0 Å². The topological polar surface area (TPSA) is 58.2 Å². The molecule has 2 unspecified atom stereocenters. The molecule has 0 fully saturated rings. The van der Waals surface area contributed by atoms with E-state index in [1.807, 2.05) is 133 Å². The van der Waals surface area contributed by atoms with Gasteiger partial charge >= 0.3 is 0 Å². The highest BCUT2D eigenvalue weighted by atomic mass is 31.2. The number of hydrogen-bond donors (Lipinski definition) is 2. The van der Waals surface area contributed by atoms with E-state index in [0.717, 1.165) is 65.8 Å². The van der Waals surface area contributed by atoms with Gasteiger partial charge in [0.25, 0.3) is 0 Å². The molecule has 0 heterocycles. The van der Waals surface area contributed by atoms with Crippen molar-refractivity contribution in [3.05, 3.63) is 217 Å². The molecule has 0 saturated heterocycles. The molecule has 0 radical (unpaired) electrons. The number of fused-ring (bicyclic) bond motifs is 2. The van der Waals surface area contributed by atoms with Crippen LogP contribution >= 0.6 is 14.6 Å². The van der Waals surface area contributed by atoms with Gasteiger partial charge in [-0.3, -0.25) is 9.13 Å². The summed E-state index contributed by atoms with van der Waals surface area (Å²) in [4.78, 5) is 0. The van der Waals surface area contributed by atoms with Crippen LogP contribution in [-0.4, -0.2) is 0 Å². The van der Waals surface area contributed by atoms with Gasteiger partial charge in [0.2, 0.25) is 14.6 Å². The minimum Gasteiger partial charge on any atom is -0.329 e. The number of rotatable bonds is 12. The molecule has 280 valence electrons. The second-order valence-electron chi connectivity index (χ2n) is 14.8. The fraction of sp³-hybridized carbons (Fsp3) is 0.0588. The van der Waals surface area contributed by atoms with Crippen LogP contribution in [0.5, 0.6) is 0 Å². The summed E-state index contributed by atoms with van der Waals surface area (Å²) < 4.78 is 31.0. The Kier molecular flexibility index (Phi) is 10.2. The van der Waals surface area contributed by atoms with Crippen LogP contribution in [0.4, 0.5) is 11.4 Å². The summed E-state index contributed by atoms with van der Waals surface area (Å²) >= 11 is 0. The Bertz CT molecular complexity index is 2640. The number of hydrogen-bond acceptors (Lipinski definition) is 2. The van der Waals surface area contributed by atoms with Crippen LogP contribution in [0, 0.1) is 0 Å². The van der Waals surface area contributed by atoms with Gasteiger partial charge < -0.3 is 10.2 Å². The molecule has 0 aliphatic carbocycles. The van der Waals surface area contributed by atoms with E-state index in [2.05, 4.69) is 85.7 Å². The van der Waals surface area contributed by atoms with Gasteiger partial charge in [0.15, 0.2) is 0 Å². The van der Waals surface area contributed by atoms with Gasteiger partial charge in [-0.05, 0) is 104 Å². The lowest BCUT2D eigenvalue weighted by Crippen LogP contribution is -2.25. The summed E-state index contributed by atoms with van der Waals surface area (Å²) in [5.41, 5.74) is 5.23. The van der Waals surface area contributed by atoms with Gasteiger partial charge in [0, 0.05) is 38.0 Å². The van der Waals surface area contributed by atoms with Crippen molar-refractivity contribution in [3.63, 3.8) is 0 Å². The molecular formula is C51H44N2O2P2. The molecule has 8 aromatic carbocycles. The monoisotopic (exact) mass is 778 g/mol. The summed E-state index contributed by atoms with van der Waals surface area (Å²) in [5, 5.41) is 13.9. The lowest BCUT2D eigenvalue weighted by Gasteiger charge is -2.29. The van der Waals surface area contributed by atoms with Crippen LogP contribution in [0.1, 0.15) is 36.1 Å². The second kappa shape index (κ2) is 15.4. The lowest BCUT2D eigenvalue weighted by atomic mass is 9.78. The van der Waals surface area contributed by atoms with Gasteiger partial charge in [0.05, 0.1) is 0 Å². The van der Waals surface area contributed by atoms with E-state index in [-0.39, 0.29) is 0 Å². The molecule has 8 aromatic rings. The normalized spacial score (nSPS) is 13.6. The van der Waals surface area contributed by atoms with Gasteiger partial charge in [-0.15, -0.1) is 0 Å². The molecule has 0 aromatic heterocycles. The molecule has 0 amide bonds. The molecule has 4 nitrogen and oxygen atoms in total. The van der Waals surface area contributed by atoms with E-state index in [4.69, 9.17) is 0 Å². The third-order valence-electron chi connectivity index (χ3n) is 11.0. The maximum atomic E-state index is 15.5. The fourth-order valence-corrected chi connectivity index (χ4v) is 12.5. The van der Waals surface area contributed by atoms with Crippen molar-refractivity contribution in [2.45, 2.75) is 19.3 Å². The smallest absolute Gasteiger partial charge is 0.227 e. The molecule has 0 saturated carbocycles. The van der Waals surface area contributed by atoms with Crippen LogP contribution in [0.15, 0.2) is 195 Å². The molecule has 0 aliphatic heterocycles. The Morgan fingerprint density at radius 3 is 1.16 bits per heavy atom. The molecule has 6 heteroatoms. The Balaban J connectivity index is 1.15. The highest BCUT2D eigenvalue weighted by Crippen LogP contribution is 2.48. The predicted octanol–water partition coefficient (Wildman–Crippen LogP) is 12.3. The standard InChI is InChI=1S/C51H44N2O2P2/c1-5-37-21-29-43(30-22-37)52-56(54,49-19-11-15-39-13-7-9-17-47(39)49)45-33-25-41(26-34-45)51(3,4)42-27-35-46(36-28-42)57(55,53-44-31-23-38(6-2)24-32-44)50-20-12-16-40-14-8-10-18-48(40)50/h5-36H,1-2H2,3-4H3,(H,52,54)(H,53,55). The maximum Gasteiger partial charge on any atom is 0.227 e. The van der Waals surface area contributed by atoms with Crippen molar-refractivity contribution in [2.24, 2.45) is 0 Å². The Labute approximate surface area is 335 Å². The fourth-order valence-electron chi connectivity index (χ4n) is 7.59. The third-order valence-corrected chi connectivity index (χ3v) is 16.3. The predicted molar refractivity (Wildman–Crippen MR) is 247 cm³/mol. The average Bonchev–Trinajstić information content (AvgIpc) is 3.26. The van der Waals surface area contributed by atoms with Crippen molar-refractivity contribution in [2.75, 3.05) is 10.2 Å². The maximum absolute atomic E-state index is 15.5. The Morgan fingerprint density at radius 1 is 0.439 bits per heavy atom. The van der Waals surface area contributed by atoms with Crippen LogP contribution < -0.4 is 31.4 Å². The third kappa shape index (κ3) is 7.20. The van der Waals surface area contributed by atoms with Gasteiger partial charge in [-0.25, -0.2) is 0 Å². The van der Waals surface area contributed by atoms with Crippen molar-refractivity contribution in [1.82, 2.24) is 0 Å². The molecule has 57 heavy (non-hydrogen) atoms. The van der Waals surface area contributed by atoms with Crippen LogP contribution in [0.25, 0.3) is 33.7 Å². The largest absolute Gasteiger partial charge is 0.329 e. The zero-order valence-electron chi connectivity index (χ0n) is 32.1. The van der Waals surface area contributed by atoms with E-state index in [1.165, 1.54) is 0 Å². The Morgan fingerprint density at radius 2 is 0.789 bits per heavy atom. The first kappa shape index (κ1) is 37.7. The quantitative estimate of drug-likeness (QED) is 0.121. The summed E-state index contributed by atoms with van der Waals surface area (Å²) in [5.74, 6) is 0. The summed E-state index contributed by atoms with van der Waals surface area (Å²) in [6, 6.07) is 60.1. The van der Waals surface area contributed by atoms with Crippen molar-refractivity contribution < 1.29 is 9.13 Å². The summed E-state index contributed by atoms with van der Waals surface area (Å²) in [6.07, 6.45) is 3.60. The van der Waals surface area contributed by atoms with E-state index >= 15 is 9.13 Å². The Hall–Kier alpha value is -6.18. The van der Waals surface area contributed by atoms with Gasteiger partial charge in [-0.2, -0.15) is 0 Å². The van der Waals surface area contributed by atoms with Crippen LogP contribution in [0.2, 0.25) is 0 Å². The van der Waals surface area contributed by atoms with E-state index in [9.17, 15) is 0 Å². The van der Waals surface area contributed by atoms with Crippen LogP contribution in [-0.2, 0) is 14.5 Å². The van der Waals surface area contributed by atoms with E-state index in [1.54, 1.807) is 12.2 Å². The summed E-state index contributed by atoms with van der Waals surface area (Å²) in [6.45, 7) is 12.1. The molecular weight excluding hydrogens is 735 g/mol. The molecule has 2 atom stereocenters. The first-order chi connectivity index (χ1) is 27.6. The molecule has 0 aliphatic rings. The van der Waals surface area contributed by atoms with Crippen LogP contribution in [0.3, 0.4) is 0 Å². The molecule has 2 N–H and O–H groups in total. The van der Waals surface area contributed by atoms with E-state index in [0.29, 0.717) is 10.6 Å². The first-order valence-electron chi connectivity index (χ1n) is 19.0. The molecule has 8 rings (SSSR count). The first-order valence-corrected chi connectivity index (χ1v) is 22.4. The second-order valence-corrected chi connectivity index (χ2v) is 19.7. The van der Waals surface area contributed by atoms with Crippen molar-refractivity contribution >= 4 is 80.9 Å². The number of nitrogens with one attached hydrogen (secondary N) is 2. The minimum atomic E-state index is -3.38. The zero-order chi connectivity index (χ0) is 39.6. The minimum absolute atomic E-state index is 0.425. The average molecular weight is 779 g/mol. The van der Waals surface area contributed by atoms with Gasteiger partial charge in [-0.1, -0.05) is 160 Å². The number of benzene rings is 8. The SMILES string of the molecule is C=Cc1ccc(NP(=O)(c2ccc(C(C)(C)c3ccc(P(=O)(Nc4ccc(C=C)cc4)c4cccc5ccccc45)cc3)cc2)c2cccc3ccccc23)cc1.